The molecular formula is C26H23FN2O5S. The highest BCUT2D eigenvalue weighted by molar-refractivity contribution is 7.91. The second-order valence-electron chi connectivity index (χ2n) is 7.94. The predicted octanol–water partition coefficient (Wildman–Crippen LogP) is 4.51. The van der Waals surface area contributed by atoms with Crippen LogP contribution in [-0.4, -0.2) is 36.4 Å². The first-order valence-electron chi connectivity index (χ1n) is 10.7. The first kappa shape index (κ1) is 24.2. The Morgan fingerprint density at radius 1 is 1.06 bits per heavy atom. The van der Waals surface area contributed by atoms with E-state index in [-0.39, 0.29) is 22.8 Å². The molecule has 0 spiro atoms. The molecular weight excluding hydrogens is 471 g/mol. The fourth-order valence-electron chi connectivity index (χ4n) is 3.90. The van der Waals surface area contributed by atoms with Gasteiger partial charge in [0.1, 0.15) is 11.6 Å². The number of sulfone groups is 1. The first-order chi connectivity index (χ1) is 16.7. The molecule has 180 valence electrons. The van der Waals surface area contributed by atoms with E-state index in [0.717, 1.165) is 17.7 Å². The normalized spacial score (nSPS) is 11.4. The number of benzene rings is 3. The van der Waals surface area contributed by atoms with Crippen molar-refractivity contribution in [3.8, 4) is 17.0 Å². The minimum Gasteiger partial charge on any atom is -0.497 e. The molecule has 4 rings (SSSR count). The molecule has 35 heavy (non-hydrogen) atoms. The first-order valence-corrected chi connectivity index (χ1v) is 12.2. The van der Waals surface area contributed by atoms with Gasteiger partial charge in [-0.2, -0.15) is 5.10 Å². The lowest BCUT2D eigenvalue weighted by atomic mass is 10.0. The molecule has 0 aliphatic rings. The summed E-state index contributed by atoms with van der Waals surface area (Å²) in [5.41, 5.74) is 2.85. The lowest BCUT2D eigenvalue weighted by Gasteiger charge is -2.14. The van der Waals surface area contributed by atoms with Crippen LogP contribution < -0.4 is 4.74 Å². The Morgan fingerprint density at radius 3 is 2.37 bits per heavy atom. The van der Waals surface area contributed by atoms with Gasteiger partial charge in [0.15, 0.2) is 0 Å². The number of hydrogen-bond acceptors (Lipinski definition) is 5. The molecule has 1 aromatic heterocycles. The van der Waals surface area contributed by atoms with Crippen LogP contribution >= 0.6 is 0 Å². The van der Waals surface area contributed by atoms with E-state index in [1.54, 1.807) is 23.7 Å². The van der Waals surface area contributed by atoms with Crippen LogP contribution in [0, 0.1) is 12.7 Å². The van der Waals surface area contributed by atoms with Crippen LogP contribution in [-0.2, 0) is 27.6 Å². The average Bonchev–Trinajstić information content (AvgIpc) is 3.14. The summed E-state index contributed by atoms with van der Waals surface area (Å²) >= 11 is 0. The number of carboxylic acids is 1. The minimum atomic E-state index is -3.98. The molecule has 1 N–H and O–H groups in total. The van der Waals surface area contributed by atoms with E-state index in [4.69, 9.17) is 4.74 Å². The van der Waals surface area contributed by atoms with Crippen molar-refractivity contribution in [2.45, 2.75) is 29.7 Å². The van der Waals surface area contributed by atoms with Gasteiger partial charge in [0, 0.05) is 16.8 Å². The summed E-state index contributed by atoms with van der Waals surface area (Å²) in [5.74, 6) is -1.08. The SMILES string of the molecule is COc1ccc(S(=O)(=O)c2ccc(F)cc2)c(Cn2nc(-c3ccccc3)c(CC(=O)O)c2C)c1. The number of carboxylic acid groups (broad SMARTS) is 1. The number of carbonyl (C=O) groups is 1. The summed E-state index contributed by atoms with van der Waals surface area (Å²) in [6, 6.07) is 18.4. The number of aromatic nitrogens is 2. The highest BCUT2D eigenvalue weighted by atomic mass is 32.2. The Balaban J connectivity index is 1.84. The predicted molar refractivity (Wildman–Crippen MR) is 128 cm³/mol. The number of rotatable bonds is 8. The maximum atomic E-state index is 13.4. The third-order valence-corrected chi connectivity index (χ3v) is 7.58. The number of halogens is 1. The zero-order valence-corrected chi connectivity index (χ0v) is 19.9. The average molecular weight is 495 g/mol. The molecule has 0 unspecified atom stereocenters. The van der Waals surface area contributed by atoms with Crippen LogP contribution in [0.4, 0.5) is 4.39 Å². The van der Waals surface area contributed by atoms with E-state index < -0.39 is 21.6 Å². The van der Waals surface area contributed by atoms with Gasteiger partial charge < -0.3 is 9.84 Å². The summed E-state index contributed by atoms with van der Waals surface area (Å²) in [7, 11) is -2.50. The van der Waals surface area contributed by atoms with Gasteiger partial charge >= 0.3 is 5.97 Å². The highest BCUT2D eigenvalue weighted by Gasteiger charge is 2.24. The molecule has 0 amide bonds. The Labute approximate surface area is 202 Å². The largest absolute Gasteiger partial charge is 0.497 e. The number of aliphatic carboxylic acids is 1. The van der Waals surface area contributed by atoms with Crippen molar-refractivity contribution in [3.63, 3.8) is 0 Å². The zero-order chi connectivity index (χ0) is 25.2. The Morgan fingerprint density at radius 2 is 1.74 bits per heavy atom. The number of methoxy groups -OCH3 is 1. The van der Waals surface area contributed by atoms with Gasteiger partial charge in [-0.1, -0.05) is 30.3 Å². The summed E-state index contributed by atoms with van der Waals surface area (Å²) in [4.78, 5) is 11.5. The molecule has 0 fully saturated rings. The number of ether oxygens (including phenoxy) is 1. The Bertz CT molecular complexity index is 1480. The molecule has 7 nitrogen and oxygen atoms in total. The maximum absolute atomic E-state index is 13.4. The van der Waals surface area contributed by atoms with Gasteiger partial charge in [-0.25, -0.2) is 12.8 Å². The van der Waals surface area contributed by atoms with Crippen molar-refractivity contribution >= 4 is 15.8 Å². The Kier molecular flexibility index (Phi) is 6.70. The van der Waals surface area contributed by atoms with E-state index in [2.05, 4.69) is 5.10 Å². The van der Waals surface area contributed by atoms with Gasteiger partial charge in [0.05, 0.1) is 35.6 Å². The fraction of sp³-hybridized carbons (Fsp3) is 0.154. The minimum absolute atomic E-state index is 0.0286. The smallest absolute Gasteiger partial charge is 0.307 e. The molecule has 1 heterocycles. The van der Waals surface area contributed by atoms with E-state index in [9.17, 15) is 22.7 Å². The van der Waals surface area contributed by atoms with Crippen molar-refractivity contribution in [1.29, 1.82) is 0 Å². The van der Waals surface area contributed by atoms with Crippen LogP contribution in [0.15, 0.2) is 82.6 Å². The molecule has 3 aromatic carbocycles. The number of nitrogens with zero attached hydrogens (tertiary/aromatic N) is 2. The van der Waals surface area contributed by atoms with E-state index in [0.29, 0.717) is 28.3 Å². The zero-order valence-electron chi connectivity index (χ0n) is 19.1. The lowest BCUT2D eigenvalue weighted by molar-refractivity contribution is -0.136. The molecule has 0 bridgehead atoms. The summed E-state index contributed by atoms with van der Waals surface area (Å²) < 4.78 is 47.1. The summed E-state index contributed by atoms with van der Waals surface area (Å²) in [6.07, 6.45) is -0.227. The van der Waals surface area contributed by atoms with Crippen LogP contribution in [0.1, 0.15) is 16.8 Å². The van der Waals surface area contributed by atoms with E-state index >= 15 is 0 Å². The summed E-state index contributed by atoms with van der Waals surface area (Å²) in [6.45, 7) is 1.81. The van der Waals surface area contributed by atoms with Crippen LogP contribution in [0.3, 0.4) is 0 Å². The van der Waals surface area contributed by atoms with Crippen LogP contribution in [0.2, 0.25) is 0 Å². The van der Waals surface area contributed by atoms with Crippen LogP contribution in [0.5, 0.6) is 5.75 Å². The molecule has 0 aliphatic heterocycles. The van der Waals surface area contributed by atoms with E-state index in [1.165, 1.54) is 25.3 Å². The third kappa shape index (κ3) is 4.95. The van der Waals surface area contributed by atoms with Crippen molar-refractivity contribution < 1.29 is 27.4 Å². The van der Waals surface area contributed by atoms with Gasteiger partial charge in [0.2, 0.25) is 9.84 Å². The molecule has 0 aliphatic carbocycles. The van der Waals surface area contributed by atoms with Crippen molar-refractivity contribution in [2.24, 2.45) is 0 Å². The molecule has 4 aromatic rings. The monoisotopic (exact) mass is 494 g/mol. The van der Waals surface area contributed by atoms with Gasteiger partial charge in [-0.3, -0.25) is 9.48 Å². The van der Waals surface area contributed by atoms with Gasteiger partial charge in [0.25, 0.3) is 0 Å². The molecule has 0 atom stereocenters. The topological polar surface area (TPSA) is 98.5 Å². The standard InChI is InChI=1S/C26H23FN2O5S/c1-17-23(15-25(30)31)26(18-6-4-3-5-7-18)28-29(17)16-19-14-21(34-2)10-13-24(19)35(32,33)22-11-8-20(27)9-12-22/h3-14H,15-16H2,1-2H3,(H,30,31). The summed E-state index contributed by atoms with van der Waals surface area (Å²) in [5, 5.41) is 14.1. The van der Waals surface area contributed by atoms with Crippen molar-refractivity contribution in [1.82, 2.24) is 9.78 Å². The van der Waals surface area contributed by atoms with Crippen molar-refractivity contribution in [2.75, 3.05) is 7.11 Å². The molecule has 9 heteroatoms. The van der Waals surface area contributed by atoms with E-state index in [1.807, 2.05) is 30.3 Å². The second-order valence-corrected chi connectivity index (χ2v) is 9.86. The van der Waals surface area contributed by atoms with Gasteiger partial charge in [-0.05, 0) is 55.0 Å². The number of hydrogen-bond donors (Lipinski definition) is 1. The second kappa shape index (κ2) is 9.71. The van der Waals surface area contributed by atoms with Crippen LogP contribution in [0.25, 0.3) is 11.3 Å². The van der Waals surface area contributed by atoms with Crippen molar-refractivity contribution in [3.05, 3.63) is 95.4 Å². The molecule has 0 radical (unpaired) electrons. The maximum Gasteiger partial charge on any atom is 0.307 e. The fourth-order valence-corrected chi connectivity index (χ4v) is 5.36. The quantitative estimate of drug-likeness (QED) is 0.362. The third-order valence-electron chi connectivity index (χ3n) is 5.71. The van der Waals surface area contributed by atoms with Gasteiger partial charge in [-0.15, -0.1) is 0 Å². The molecule has 0 saturated heterocycles. The lowest BCUT2D eigenvalue weighted by Crippen LogP contribution is -2.11. The highest BCUT2D eigenvalue weighted by Crippen LogP contribution is 2.31. The Hall–Kier alpha value is -3.98. The molecule has 0 saturated carbocycles.